The minimum absolute atomic E-state index is 0.0575. The lowest BCUT2D eigenvalue weighted by Gasteiger charge is -2.47. The van der Waals surface area contributed by atoms with Gasteiger partial charge in [-0.05, 0) is 25.8 Å². The molecule has 0 radical (unpaired) electrons. The van der Waals surface area contributed by atoms with E-state index in [2.05, 4.69) is 5.32 Å². The van der Waals surface area contributed by atoms with Crippen molar-refractivity contribution in [3.63, 3.8) is 0 Å². The summed E-state index contributed by atoms with van der Waals surface area (Å²) < 4.78 is 9.98. The number of benzene rings is 1. The highest BCUT2D eigenvalue weighted by Crippen LogP contribution is 2.35. The summed E-state index contributed by atoms with van der Waals surface area (Å²) in [5.74, 6) is -2.78. The van der Waals surface area contributed by atoms with Crippen LogP contribution >= 0.6 is 11.8 Å². The molecule has 34 heavy (non-hydrogen) atoms. The van der Waals surface area contributed by atoms with Crippen molar-refractivity contribution in [1.29, 1.82) is 0 Å². The predicted molar refractivity (Wildman–Crippen MR) is 123 cm³/mol. The van der Waals surface area contributed by atoms with Gasteiger partial charge in [-0.25, -0.2) is 4.79 Å². The molecule has 3 atom stereocenters. The Morgan fingerprint density at radius 1 is 1.24 bits per heavy atom. The van der Waals surface area contributed by atoms with Crippen molar-refractivity contribution in [1.82, 2.24) is 10.2 Å². The normalized spacial score (nSPS) is 17.7. The summed E-state index contributed by atoms with van der Waals surface area (Å²) in [5.41, 5.74) is 0.629. The van der Waals surface area contributed by atoms with Crippen LogP contribution in [0.25, 0.3) is 0 Å². The van der Waals surface area contributed by atoms with Crippen molar-refractivity contribution in [2.24, 2.45) is 0 Å². The smallest absolute Gasteiger partial charge is 0.352 e. The molecule has 1 saturated heterocycles. The van der Waals surface area contributed by atoms with Gasteiger partial charge < -0.3 is 19.9 Å². The Hall–Kier alpha value is -3.34. The largest absolute Gasteiger partial charge is 0.477 e. The van der Waals surface area contributed by atoms with E-state index in [-0.39, 0.29) is 24.3 Å². The molecule has 184 valence electrons. The maximum Gasteiger partial charge on any atom is 0.352 e. The van der Waals surface area contributed by atoms with Crippen molar-refractivity contribution in [3.05, 3.63) is 47.2 Å². The zero-order valence-electron chi connectivity index (χ0n) is 19.2. The van der Waals surface area contributed by atoms with Gasteiger partial charge in [-0.2, -0.15) is 0 Å². The summed E-state index contributed by atoms with van der Waals surface area (Å²) in [5, 5.41) is 11.4. The maximum atomic E-state index is 12.9. The number of rotatable bonds is 13. The number of allylic oxidation sites excluding steroid dienone is 1. The second kappa shape index (κ2) is 12.8. The summed E-state index contributed by atoms with van der Waals surface area (Å²) in [6.45, 7) is 5.45. The molecule has 2 rings (SSSR count). The lowest BCUT2D eigenvalue weighted by molar-refractivity contribution is -0.153. The fourth-order valence-electron chi connectivity index (χ4n) is 3.32. The fraction of sp³-hybridized carbons (Fsp3) is 0.435. The third-order valence-corrected chi connectivity index (χ3v) is 6.12. The van der Waals surface area contributed by atoms with Gasteiger partial charge >= 0.3 is 11.9 Å². The van der Waals surface area contributed by atoms with Crippen molar-refractivity contribution in [3.8, 4) is 0 Å². The van der Waals surface area contributed by atoms with Crippen LogP contribution in [0.5, 0.6) is 0 Å². The number of ether oxygens (including phenoxy) is 2. The summed E-state index contributed by atoms with van der Waals surface area (Å²) in [6, 6.07) is 7.20. The number of likely N-dealkylation sites (tertiary alicyclic amines) is 1. The van der Waals surface area contributed by atoms with E-state index < -0.39 is 41.3 Å². The number of nitrogens with zero attached hydrogens (tertiary/aromatic N) is 1. The molecule has 1 heterocycles. The first-order chi connectivity index (χ1) is 16.2. The number of carbonyl (C=O) groups is 5. The zero-order chi connectivity index (χ0) is 25.3. The Kier molecular flexibility index (Phi) is 10.1. The molecule has 1 aromatic carbocycles. The fourth-order valence-corrected chi connectivity index (χ4v) is 4.58. The Bertz CT molecular complexity index is 946. The van der Waals surface area contributed by atoms with Crippen LogP contribution in [0.3, 0.4) is 0 Å². The molecule has 10 nitrogen and oxygen atoms in total. The van der Waals surface area contributed by atoms with Crippen LogP contribution in [-0.2, 0) is 33.4 Å². The van der Waals surface area contributed by atoms with Crippen molar-refractivity contribution in [2.45, 2.75) is 51.1 Å². The second-order valence-electron chi connectivity index (χ2n) is 7.60. The van der Waals surface area contributed by atoms with Crippen LogP contribution in [0, 0.1) is 0 Å². The van der Waals surface area contributed by atoms with Crippen LogP contribution in [-0.4, -0.2) is 64.0 Å². The number of amides is 2. The first-order valence-corrected chi connectivity index (χ1v) is 11.7. The minimum atomic E-state index is -1.28. The summed E-state index contributed by atoms with van der Waals surface area (Å²) in [4.78, 5) is 61.5. The van der Waals surface area contributed by atoms with Gasteiger partial charge in [0, 0.05) is 11.3 Å². The van der Waals surface area contributed by atoms with Crippen LogP contribution < -0.4 is 5.32 Å². The predicted octanol–water partition coefficient (Wildman–Crippen LogP) is 2.01. The molecule has 0 aliphatic carbocycles. The van der Waals surface area contributed by atoms with Gasteiger partial charge in [-0.3, -0.25) is 24.1 Å². The molecular formula is C23H28N2O8S. The number of carboxylic acids is 1. The number of thioether (sulfide) groups is 1. The topological polar surface area (TPSA) is 139 Å². The number of hydrogen-bond acceptors (Lipinski definition) is 8. The molecule has 11 heteroatoms. The van der Waals surface area contributed by atoms with E-state index >= 15 is 0 Å². The van der Waals surface area contributed by atoms with Crippen LogP contribution in [0.15, 0.2) is 41.6 Å². The minimum Gasteiger partial charge on any atom is -0.477 e. The number of carbonyl (C=O) groups excluding carboxylic acids is 4. The van der Waals surface area contributed by atoms with E-state index in [1.54, 1.807) is 44.2 Å². The number of aliphatic carboxylic acids is 1. The van der Waals surface area contributed by atoms with E-state index in [0.29, 0.717) is 24.2 Å². The molecule has 0 saturated carbocycles. The molecule has 1 fully saturated rings. The van der Waals surface area contributed by atoms with Gasteiger partial charge in [0.2, 0.25) is 6.10 Å². The summed E-state index contributed by atoms with van der Waals surface area (Å²) in [6.07, 6.45) is -0.536. The molecule has 1 aliphatic heterocycles. The van der Waals surface area contributed by atoms with Crippen molar-refractivity contribution >= 4 is 42.0 Å². The average Bonchev–Trinajstić information content (AvgIpc) is 2.81. The molecule has 1 aliphatic rings. The molecule has 2 N–H and O–H groups in total. The molecule has 3 unspecified atom stereocenters. The lowest BCUT2D eigenvalue weighted by Crippen LogP contribution is -2.70. The third kappa shape index (κ3) is 6.60. The van der Waals surface area contributed by atoms with E-state index in [4.69, 9.17) is 9.47 Å². The Balaban J connectivity index is 2.20. The first-order valence-electron chi connectivity index (χ1n) is 10.7. The second-order valence-corrected chi connectivity index (χ2v) is 8.83. The highest BCUT2D eigenvalue weighted by Gasteiger charge is 2.52. The average molecular weight is 493 g/mol. The van der Waals surface area contributed by atoms with E-state index in [1.807, 2.05) is 6.92 Å². The first kappa shape index (κ1) is 26.9. The van der Waals surface area contributed by atoms with Gasteiger partial charge in [0.25, 0.3) is 18.3 Å². The van der Waals surface area contributed by atoms with Gasteiger partial charge in [0.15, 0.2) is 0 Å². The summed E-state index contributed by atoms with van der Waals surface area (Å²) in [7, 11) is 0. The van der Waals surface area contributed by atoms with Gasteiger partial charge in [0.1, 0.15) is 17.1 Å². The summed E-state index contributed by atoms with van der Waals surface area (Å²) >= 11 is 1.15. The number of nitrogens with one attached hydrogen (secondary N) is 1. The molecule has 0 spiro atoms. The van der Waals surface area contributed by atoms with Gasteiger partial charge in [-0.15, -0.1) is 11.8 Å². The Labute approximate surface area is 201 Å². The molecule has 0 aromatic heterocycles. The van der Waals surface area contributed by atoms with Crippen molar-refractivity contribution in [2.75, 3.05) is 12.4 Å². The molecule has 2 amide bonds. The molecule has 0 bridgehead atoms. The number of esters is 1. The van der Waals surface area contributed by atoms with E-state index in [1.165, 1.54) is 0 Å². The standard InChI is InChI=1S/C23H28N2O8S/c1-4-11-32-16(27)10-12-34-22-17(21(29)25(22)18(14(2)3)23(30)31)24-20(28)19(33-13-26)15-8-6-5-7-9-15/h5-9,13,17,19,22H,4,10-12H2,1-3H3,(H,24,28)(H,30,31). The van der Waals surface area contributed by atoms with Crippen molar-refractivity contribution < 1.29 is 38.6 Å². The number of β-lactam (4-membered cyclic amide) rings is 1. The monoisotopic (exact) mass is 492 g/mol. The number of carboxylic acid groups (broad SMARTS) is 1. The maximum absolute atomic E-state index is 12.9. The Morgan fingerprint density at radius 2 is 1.91 bits per heavy atom. The van der Waals surface area contributed by atoms with E-state index in [9.17, 15) is 29.1 Å². The Morgan fingerprint density at radius 3 is 2.47 bits per heavy atom. The van der Waals surface area contributed by atoms with Gasteiger partial charge in [-0.1, -0.05) is 37.3 Å². The van der Waals surface area contributed by atoms with Gasteiger partial charge in [0.05, 0.1) is 13.0 Å². The number of hydrogen-bond donors (Lipinski definition) is 2. The molecular weight excluding hydrogens is 464 g/mol. The molecule has 1 aromatic rings. The zero-order valence-corrected chi connectivity index (χ0v) is 20.0. The quantitative estimate of drug-likeness (QED) is 0.183. The van der Waals surface area contributed by atoms with Crippen LogP contribution in [0.1, 0.15) is 45.3 Å². The van der Waals surface area contributed by atoms with Crippen LogP contribution in [0.4, 0.5) is 0 Å². The van der Waals surface area contributed by atoms with E-state index in [0.717, 1.165) is 16.7 Å². The highest BCUT2D eigenvalue weighted by atomic mass is 32.2. The third-order valence-electron chi connectivity index (χ3n) is 4.85. The SMILES string of the molecule is CCCOC(=O)CCSC1C(NC(=O)C(OC=O)c2ccccc2)C(=O)N1C(C(=O)O)=C(C)C. The lowest BCUT2D eigenvalue weighted by atomic mass is 10.0. The highest BCUT2D eigenvalue weighted by molar-refractivity contribution is 8.00. The van der Waals surface area contributed by atoms with Crippen LogP contribution in [0.2, 0.25) is 0 Å².